The van der Waals surface area contributed by atoms with Gasteiger partial charge in [-0.05, 0) is 26.3 Å². The van der Waals surface area contributed by atoms with Gasteiger partial charge < -0.3 is 14.9 Å². The molecule has 3 heteroatoms. The van der Waals surface area contributed by atoms with E-state index in [1.54, 1.807) is 7.11 Å². The zero-order chi connectivity index (χ0) is 11.7. The summed E-state index contributed by atoms with van der Waals surface area (Å²) in [5.41, 5.74) is 7.84. The fourth-order valence-electron chi connectivity index (χ4n) is 2.00. The Hall–Kier alpha value is -1.48. The van der Waals surface area contributed by atoms with E-state index < -0.39 is 0 Å². The number of rotatable bonds is 3. The number of furan rings is 1. The molecule has 0 aliphatic carbocycles. The third-order valence-corrected chi connectivity index (χ3v) is 2.73. The molecule has 0 bridgehead atoms. The molecule has 0 aliphatic heterocycles. The third kappa shape index (κ3) is 1.78. The van der Waals surface area contributed by atoms with Crippen molar-refractivity contribution in [1.29, 1.82) is 0 Å². The minimum absolute atomic E-state index is 0.130. The standard InChI is InChI=1S/C13H17NO2/c1-8(14)7-11-9(2)16-13-10(11)5-4-6-12(13)15-3/h4-6,8H,7,14H2,1-3H3. The lowest BCUT2D eigenvalue weighted by Crippen LogP contribution is -2.17. The van der Waals surface area contributed by atoms with E-state index in [0.29, 0.717) is 0 Å². The molecule has 2 N–H and O–H groups in total. The van der Waals surface area contributed by atoms with Gasteiger partial charge in [0.2, 0.25) is 0 Å². The Kier molecular flexibility index (Phi) is 2.88. The lowest BCUT2D eigenvalue weighted by molar-refractivity contribution is 0.408. The first-order valence-electron chi connectivity index (χ1n) is 5.44. The molecule has 0 aliphatic rings. The van der Waals surface area contributed by atoms with Crippen molar-refractivity contribution >= 4 is 11.0 Å². The fraction of sp³-hybridized carbons (Fsp3) is 0.385. The van der Waals surface area contributed by atoms with E-state index in [0.717, 1.165) is 28.9 Å². The van der Waals surface area contributed by atoms with Gasteiger partial charge in [0.25, 0.3) is 0 Å². The number of hydrogen-bond donors (Lipinski definition) is 1. The molecule has 0 fully saturated rings. The van der Waals surface area contributed by atoms with Crippen LogP contribution in [0.4, 0.5) is 0 Å². The highest BCUT2D eigenvalue weighted by Crippen LogP contribution is 2.32. The molecule has 16 heavy (non-hydrogen) atoms. The number of aryl methyl sites for hydroxylation is 1. The molecular formula is C13H17NO2. The first-order valence-corrected chi connectivity index (χ1v) is 5.44. The number of methoxy groups -OCH3 is 1. The summed E-state index contributed by atoms with van der Waals surface area (Å²) >= 11 is 0. The maximum Gasteiger partial charge on any atom is 0.176 e. The summed E-state index contributed by atoms with van der Waals surface area (Å²) in [5.74, 6) is 1.70. The number of benzene rings is 1. The molecule has 1 aromatic carbocycles. The molecule has 0 amide bonds. The normalized spacial score (nSPS) is 13.0. The third-order valence-electron chi connectivity index (χ3n) is 2.73. The van der Waals surface area contributed by atoms with Gasteiger partial charge in [-0.25, -0.2) is 0 Å². The highest BCUT2D eigenvalue weighted by molar-refractivity contribution is 5.87. The van der Waals surface area contributed by atoms with Crippen LogP contribution in [0.5, 0.6) is 5.75 Å². The lowest BCUT2D eigenvalue weighted by Gasteiger charge is -2.04. The zero-order valence-electron chi connectivity index (χ0n) is 9.91. The molecule has 0 saturated heterocycles. The van der Waals surface area contributed by atoms with Crippen LogP contribution < -0.4 is 10.5 Å². The Morgan fingerprint density at radius 3 is 2.81 bits per heavy atom. The summed E-state index contributed by atoms with van der Waals surface area (Å²) in [7, 11) is 1.65. The van der Waals surface area contributed by atoms with Gasteiger partial charge in [0.05, 0.1) is 7.11 Å². The first-order chi connectivity index (χ1) is 7.63. The summed E-state index contributed by atoms with van der Waals surface area (Å²) in [6, 6.07) is 6.05. The summed E-state index contributed by atoms with van der Waals surface area (Å²) in [6.45, 7) is 3.97. The van der Waals surface area contributed by atoms with Crippen LogP contribution in [0.1, 0.15) is 18.2 Å². The van der Waals surface area contributed by atoms with Crippen molar-refractivity contribution in [3.63, 3.8) is 0 Å². The van der Waals surface area contributed by atoms with Gasteiger partial charge >= 0.3 is 0 Å². The monoisotopic (exact) mass is 219 g/mol. The van der Waals surface area contributed by atoms with Crippen LogP contribution in [0, 0.1) is 6.92 Å². The minimum Gasteiger partial charge on any atom is -0.493 e. The molecule has 2 aromatic rings. The van der Waals surface area contributed by atoms with E-state index in [2.05, 4.69) is 0 Å². The quantitative estimate of drug-likeness (QED) is 0.863. The molecule has 1 unspecified atom stereocenters. The van der Waals surface area contributed by atoms with Gasteiger partial charge in [0.15, 0.2) is 11.3 Å². The van der Waals surface area contributed by atoms with Gasteiger partial charge in [-0.3, -0.25) is 0 Å². The molecule has 3 nitrogen and oxygen atoms in total. The highest BCUT2D eigenvalue weighted by Gasteiger charge is 2.14. The van der Waals surface area contributed by atoms with Crippen LogP contribution in [-0.4, -0.2) is 13.2 Å². The predicted octanol–water partition coefficient (Wildman–Crippen LogP) is 2.64. The van der Waals surface area contributed by atoms with Crippen LogP contribution in [0.15, 0.2) is 22.6 Å². The SMILES string of the molecule is COc1cccc2c(CC(C)N)c(C)oc12. The summed E-state index contributed by atoms with van der Waals surface area (Å²) in [6.07, 6.45) is 0.825. The second-order valence-electron chi connectivity index (χ2n) is 4.16. The second-order valence-corrected chi connectivity index (χ2v) is 4.16. The Bertz CT molecular complexity index is 500. The molecule has 1 aromatic heterocycles. The Morgan fingerprint density at radius 2 is 2.19 bits per heavy atom. The van der Waals surface area contributed by atoms with Crippen LogP contribution >= 0.6 is 0 Å². The van der Waals surface area contributed by atoms with E-state index in [-0.39, 0.29) is 6.04 Å². The largest absolute Gasteiger partial charge is 0.493 e. The number of nitrogens with two attached hydrogens (primary N) is 1. The maximum absolute atomic E-state index is 5.84. The smallest absolute Gasteiger partial charge is 0.176 e. The van der Waals surface area contributed by atoms with Crippen LogP contribution in [-0.2, 0) is 6.42 Å². The molecule has 86 valence electrons. The number of hydrogen-bond acceptors (Lipinski definition) is 3. The maximum atomic E-state index is 5.84. The van der Waals surface area contributed by atoms with Crippen molar-refractivity contribution in [2.75, 3.05) is 7.11 Å². The number of ether oxygens (including phenoxy) is 1. The first kappa shape index (κ1) is 11.0. The average Bonchev–Trinajstić information content (AvgIpc) is 2.55. The fourth-order valence-corrected chi connectivity index (χ4v) is 2.00. The summed E-state index contributed by atoms with van der Waals surface area (Å²) in [4.78, 5) is 0. The van der Waals surface area contributed by atoms with Gasteiger partial charge in [0, 0.05) is 17.0 Å². The molecular weight excluding hydrogens is 202 g/mol. The van der Waals surface area contributed by atoms with E-state index in [1.165, 1.54) is 5.56 Å². The van der Waals surface area contributed by atoms with Gasteiger partial charge in [-0.15, -0.1) is 0 Å². The number of fused-ring (bicyclic) bond motifs is 1. The van der Waals surface area contributed by atoms with Crippen molar-refractivity contribution < 1.29 is 9.15 Å². The Balaban J connectivity index is 2.61. The van der Waals surface area contributed by atoms with Crippen molar-refractivity contribution in [3.8, 4) is 5.75 Å². The van der Waals surface area contributed by atoms with E-state index in [9.17, 15) is 0 Å². The van der Waals surface area contributed by atoms with Gasteiger partial charge in [0.1, 0.15) is 5.76 Å². The van der Waals surface area contributed by atoms with Crippen molar-refractivity contribution in [2.24, 2.45) is 5.73 Å². The van der Waals surface area contributed by atoms with E-state index >= 15 is 0 Å². The second kappa shape index (κ2) is 4.18. The molecule has 2 rings (SSSR count). The predicted molar refractivity (Wildman–Crippen MR) is 64.9 cm³/mol. The van der Waals surface area contributed by atoms with E-state index in [4.69, 9.17) is 14.9 Å². The minimum atomic E-state index is 0.130. The summed E-state index contributed by atoms with van der Waals surface area (Å²) in [5, 5.41) is 1.11. The Labute approximate surface area is 95.2 Å². The molecule has 1 atom stereocenters. The van der Waals surface area contributed by atoms with Crippen LogP contribution in [0.25, 0.3) is 11.0 Å². The zero-order valence-corrected chi connectivity index (χ0v) is 9.91. The van der Waals surface area contributed by atoms with Crippen molar-refractivity contribution in [2.45, 2.75) is 26.3 Å². The topological polar surface area (TPSA) is 48.4 Å². The molecule has 0 saturated carbocycles. The van der Waals surface area contributed by atoms with Crippen LogP contribution in [0.3, 0.4) is 0 Å². The number of para-hydroxylation sites is 1. The molecule has 0 spiro atoms. The van der Waals surface area contributed by atoms with Crippen LogP contribution in [0.2, 0.25) is 0 Å². The average molecular weight is 219 g/mol. The molecule has 0 radical (unpaired) electrons. The van der Waals surface area contributed by atoms with Gasteiger partial charge in [-0.2, -0.15) is 0 Å². The summed E-state index contributed by atoms with van der Waals surface area (Å²) < 4.78 is 11.0. The van der Waals surface area contributed by atoms with Crippen molar-refractivity contribution in [1.82, 2.24) is 0 Å². The van der Waals surface area contributed by atoms with Gasteiger partial charge in [-0.1, -0.05) is 12.1 Å². The highest BCUT2D eigenvalue weighted by atomic mass is 16.5. The van der Waals surface area contributed by atoms with Crippen molar-refractivity contribution in [3.05, 3.63) is 29.5 Å². The Morgan fingerprint density at radius 1 is 1.44 bits per heavy atom. The molecule has 1 heterocycles. The lowest BCUT2D eigenvalue weighted by atomic mass is 10.0. The van der Waals surface area contributed by atoms with E-state index in [1.807, 2.05) is 32.0 Å².